The molecule has 0 radical (unpaired) electrons. The number of nitrogens with one attached hydrogen (secondary N) is 2. The summed E-state index contributed by atoms with van der Waals surface area (Å²) in [4.78, 5) is 16.4. The molecule has 1 aromatic carbocycles. The van der Waals surface area contributed by atoms with Gasteiger partial charge in [0, 0.05) is 37.4 Å². The molecule has 3 aromatic rings. The number of hydrogen-bond acceptors (Lipinski definition) is 4. The molecule has 2 aromatic heterocycles. The van der Waals surface area contributed by atoms with Gasteiger partial charge in [-0.2, -0.15) is 0 Å². The van der Waals surface area contributed by atoms with Gasteiger partial charge in [0.1, 0.15) is 5.65 Å². The van der Waals surface area contributed by atoms with Gasteiger partial charge in [0.15, 0.2) is 11.5 Å². The van der Waals surface area contributed by atoms with Crippen LogP contribution in [0.15, 0.2) is 48.8 Å². The van der Waals surface area contributed by atoms with E-state index in [1.54, 1.807) is 20.4 Å². The molecule has 0 atom stereocenters. The lowest BCUT2D eigenvalue weighted by atomic mass is 10.2. The van der Waals surface area contributed by atoms with Crippen molar-refractivity contribution in [2.75, 3.05) is 20.8 Å². The molecule has 2 amide bonds. The summed E-state index contributed by atoms with van der Waals surface area (Å²) in [5, 5.41) is 6.84. The zero-order valence-corrected chi connectivity index (χ0v) is 15.6. The summed E-state index contributed by atoms with van der Waals surface area (Å²) in [6, 6.07) is 11.4. The Bertz CT molecular complexity index is 907. The fourth-order valence-electron chi connectivity index (χ4n) is 2.89. The van der Waals surface area contributed by atoms with Gasteiger partial charge in [0.25, 0.3) is 0 Å². The molecule has 0 unspecified atom stereocenters. The van der Waals surface area contributed by atoms with Crippen molar-refractivity contribution in [1.82, 2.24) is 20.2 Å². The highest BCUT2D eigenvalue weighted by molar-refractivity contribution is 5.75. The van der Waals surface area contributed by atoms with E-state index in [-0.39, 0.29) is 6.03 Å². The van der Waals surface area contributed by atoms with Crippen molar-refractivity contribution in [3.63, 3.8) is 0 Å². The summed E-state index contributed by atoms with van der Waals surface area (Å²) < 4.78 is 12.6. The fourth-order valence-corrected chi connectivity index (χ4v) is 2.89. The van der Waals surface area contributed by atoms with Gasteiger partial charge in [-0.3, -0.25) is 0 Å². The van der Waals surface area contributed by atoms with Crippen molar-refractivity contribution in [3.8, 4) is 11.5 Å². The van der Waals surface area contributed by atoms with E-state index >= 15 is 0 Å². The highest BCUT2D eigenvalue weighted by Crippen LogP contribution is 2.27. The van der Waals surface area contributed by atoms with Crippen LogP contribution in [0.2, 0.25) is 0 Å². The first-order chi connectivity index (χ1) is 13.2. The predicted octanol–water partition coefficient (Wildman–Crippen LogP) is 2.94. The summed E-state index contributed by atoms with van der Waals surface area (Å²) in [6.45, 7) is 1.80. The van der Waals surface area contributed by atoms with Crippen molar-refractivity contribution < 1.29 is 14.3 Å². The lowest BCUT2D eigenvalue weighted by Gasteiger charge is -2.11. The van der Waals surface area contributed by atoms with Crippen LogP contribution in [-0.4, -0.2) is 36.3 Å². The number of pyridine rings is 1. The number of aryl methyl sites for hydroxylation is 1. The fraction of sp³-hybridized carbons (Fsp3) is 0.300. The van der Waals surface area contributed by atoms with Crippen molar-refractivity contribution in [2.45, 2.75) is 19.5 Å². The molecule has 27 heavy (non-hydrogen) atoms. The molecule has 2 N–H and O–H groups in total. The number of hydrogen-bond donors (Lipinski definition) is 2. The van der Waals surface area contributed by atoms with Gasteiger partial charge in [0.2, 0.25) is 0 Å². The number of aromatic nitrogens is 2. The molecule has 0 aliphatic carbocycles. The van der Waals surface area contributed by atoms with Gasteiger partial charge in [-0.25, -0.2) is 9.78 Å². The monoisotopic (exact) mass is 368 g/mol. The molecule has 0 spiro atoms. The second-order valence-electron chi connectivity index (χ2n) is 6.08. The number of benzene rings is 1. The van der Waals surface area contributed by atoms with Gasteiger partial charge in [-0.05, 0) is 42.3 Å². The maximum Gasteiger partial charge on any atom is 0.315 e. The number of methoxy groups -OCH3 is 2. The van der Waals surface area contributed by atoms with E-state index in [2.05, 4.69) is 20.2 Å². The molecule has 0 aliphatic heterocycles. The molecule has 7 nitrogen and oxygen atoms in total. The van der Waals surface area contributed by atoms with E-state index in [1.807, 2.05) is 42.6 Å². The average molecular weight is 368 g/mol. The minimum atomic E-state index is -0.194. The minimum Gasteiger partial charge on any atom is -0.493 e. The summed E-state index contributed by atoms with van der Waals surface area (Å²) >= 11 is 0. The maximum absolute atomic E-state index is 12.0. The topological polar surface area (TPSA) is 77.4 Å². The minimum absolute atomic E-state index is 0.194. The second-order valence-corrected chi connectivity index (χ2v) is 6.08. The van der Waals surface area contributed by atoms with Crippen molar-refractivity contribution in [3.05, 3.63) is 54.4 Å². The van der Waals surface area contributed by atoms with E-state index in [0.717, 1.165) is 29.6 Å². The van der Waals surface area contributed by atoms with E-state index < -0.39 is 0 Å². The SMILES string of the molecule is COc1ccc(CNC(=O)NCCCn2ccc3cccnc32)cc1OC. The third-order valence-electron chi connectivity index (χ3n) is 4.29. The van der Waals surface area contributed by atoms with Crippen LogP contribution in [0.1, 0.15) is 12.0 Å². The van der Waals surface area contributed by atoms with Gasteiger partial charge >= 0.3 is 6.03 Å². The first-order valence-electron chi connectivity index (χ1n) is 8.83. The number of fused-ring (bicyclic) bond motifs is 1. The highest BCUT2D eigenvalue weighted by atomic mass is 16.5. The molecule has 2 heterocycles. The first-order valence-corrected chi connectivity index (χ1v) is 8.83. The van der Waals surface area contributed by atoms with Crippen LogP contribution in [0.4, 0.5) is 4.79 Å². The third kappa shape index (κ3) is 4.69. The van der Waals surface area contributed by atoms with E-state index in [0.29, 0.717) is 24.6 Å². The number of carbonyl (C=O) groups excluding carboxylic acids is 1. The Morgan fingerprint density at radius 1 is 1.11 bits per heavy atom. The third-order valence-corrected chi connectivity index (χ3v) is 4.29. The van der Waals surface area contributed by atoms with Crippen LogP contribution in [0, 0.1) is 0 Å². The molecule has 0 saturated carbocycles. The zero-order valence-electron chi connectivity index (χ0n) is 15.6. The quantitative estimate of drug-likeness (QED) is 0.599. The maximum atomic E-state index is 12.0. The van der Waals surface area contributed by atoms with Gasteiger partial charge in [-0.15, -0.1) is 0 Å². The van der Waals surface area contributed by atoms with Crippen molar-refractivity contribution in [2.24, 2.45) is 0 Å². The lowest BCUT2D eigenvalue weighted by Crippen LogP contribution is -2.35. The van der Waals surface area contributed by atoms with E-state index in [9.17, 15) is 4.79 Å². The molecule has 142 valence electrons. The van der Waals surface area contributed by atoms with Crippen molar-refractivity contribution >= 4 is 17.1 Å². The number of amides is 2. The van der Waals surface area contributed by atoms with E-state index in [1.165, 1.54) is 0 Å². The van der Waals surface area contributed by atoms with Crippen LogP contribution in [0.25, 0.3) is 11.0 Å². The van der Waals surface area contributed by atoms with Crippen LogP contribution in [-0.2, 0) is 13.1 Å². The van der Waals surface area contributed by atoms with Crippen LogP contribution < -0.4 is 20.1 Å². The summed E-state index contributed by atoms with van der Waals surface area (Å²) in [6.07, 6.45) is 4.64. The number of urea groups is 1. The number of ether oxygens (including phenoxy) is 2. The number of rotatable bonds is 8. The smallest absolute Gasteiger partial charge is 0.315 e. The average Bonchev–Trinajstić information content (AvgIpc) is 3.12. The van der Waals surface area contributed by atoms with Crippen molar-refractivity contribution in [1.29, 1.82) is 0 Å². The standard InChI is InChI=1S/C20H24N4O3/c1-26-17-7-6-15(13-18(17)27-2)14-23-20(25)22-10-4-11-24-12-8-16-5-3-9-21-19(16)24/h3,5-9,12-13H,4,10-11,14H2,1-2H3,(H2,22,23,25). The molecule has 7 heteroatoms. The Morgan fingerprint density at radius 2 is 1.96 bits per heavy atom. The lowest BCUT2D eigenvalue weighted by molar-refractivity contribution is 0.240. The summed E-state index contributed by atoms with van der Waals surface area (Å²) in [5.41, 5.74) is 1.91. The highest BCUT2D eigenvalue weighted by Gasteiger charge is 2.06. The van der Waals surface area contributed by atoms with Gasteiger partial charge < -0.3 is 24.7 Å². The number of nitrogens with zero attached hydrogens (tertiary/aromatic N) is 2. The van der Waals surface area contributed by atoms with Gasteiger partial charge in [0.05, 0.1) is 14.2 Å². The second kappa shape index (κ2) is 8.93. The van der Waals surface area contributed by atoms with Gasteiger partial charge in [-0.1, -0.05) is 6.07 Å². The Labute approximate surface area is 158 Å². The largest absolute Gasteiger partial charge is 0.493 e. The molecule has 0 aliphatic rings. The number of carbonyl (C=O) groups is 1. The summed E-state index contributed by atoms with van der Waals surface area (Å²) in [5.74, 6) is 1.31. The molecule has 0 saturated heterocycles. The molecule has 0 fully saturated rings. The van der Waals surface area contributed by atoms with Crippen LogP contribution in [0.3, 0.4) is 0 Å². The molecule has 3 rings (SSSR count). The Balaban J connectivity index is 1.41. The molecular weight excluding hydrogens is 344 g/mol. The Morgan fingerprint density at radius 3 is 2.78 bits per heavy atom. The Kier molecular flexibility index (Phi) is 6.14. The predicted molar refractivity (Wildman–Crippen MR) is 104 cm³/mol. The summed E-state index contributed by atoms with van der Waals surface area (Å²) in [7, 11) is 3.18. The Hall–Kier alpha value is -3.22. The zero-order chi connectivity index (χ0) is 19.1. The van der Waals surface area contributed by atoms with Crippen LogP contribution in [0.5, 0.6) is 11.5 Å². The molecule has 0 bridgehead atoms. The van der Waals surface area contributed by atoms with Crippen LogP contribution >= 0.6 is 0 Å². The molecular formula is C20H24N4O3. The van der Waals surface area contributed by atoms with E-state index in [4.69, 9.17) is 9.47 Å². The first kappa shape index (κ1) is 18.6. The normalized spacial score (nSPS) is 10.6.